The van der Waals surface area contributed by atoms with Gasteiger partial charge in [-0.25, -0.2) is 0 Å². The molecule has 1 aliphatic rings. The normalized spacial score (nSPS) is 20.1. The summed E-state index contributed by atoms with van der Waals surface area (Å²) in [5.41, 5.74) is 0. The van der Waals surface area contributed by atoms with Gasteiger partial charge in [0.1, 0.15) is 0 Å². The third-order valence-corrected chi connectivity index (χ3v) is 3.52. The fraction of sp³-hybridized carbons (Fsp3) is 0.923. The molecule has 1 amide bonds. The SMILES string of the molecule is CCC(CNC)C(=O)NC1CCCCCC1. The van der Waals surface area contributed by atoms with Gasteiger partial charge in [0.25, 0.3) is 0 Å². The number of nitrogens with one attached hydrogen (secondary N) is 2. The highest BCUT2D eigenvalue weighted by Gasteiger charge is 2.20. The summed E-state index contributed by atoms with van der Waals surface area (Å²) in [6.07, 6.45) is 8.46. The quantitative estimate of drug-likeness (QED) is 0.705. The third-order valence-electron chi connectivity index (χ3n) is 3.52. The number of hydrogen-bond acceptors (Lipinski definition) is 2. The summed E-state index contributed by atoms with van der Waals surface area (Å²) in [6.45, 7) is 2.86. The van der Waals surface area contributed by atoms with Gasteiger partial charge in [-0.2, -0.15) is 0 Å². The first-order valence-corrected chi connectivity index (χ1v) is 6.73. The molecule has 2 N–H and O–H groups in total. The van der Waals surface area contributed by atoms with Gasteiger partial charge in [0.2, 0.25) is 5.91 Å². The fourth-order valence-corrected chi connectivity index (χ4v) is 2.41. The molecule has 0 spiro atoms. The molecule has 0 aromatic heterocycles. The highest BCUT2D eigenvalue weighted by Crippen LogP contribution is 2.17. The molecule has 16 heavy (non-hydrogen) atoms. The van der Waals surface area contributed by atoms with Gasteiger partial charge in [-0.15, -0.1) is 0 Å². The van der Waals surface area contributed by atoms with E-state index < -0.39 is 0 Å². The summed E-state index contributed by atoms with van der Waals surface area (Å²) < 4.78 is 0. The van der Waals surface area contributed by atoms with Crippen molar-refractivity contribution in [3.63, 3.8) is 0 Å². The van der Waals surface area contributed by atoms with E-state index in [-0.39, 0.29) is 11.8 Å². The molecule has 0 saturated heterocycles. The molecule has 0 bridgehead atoms. The molecule has 0 aliphatic heterocycles. The van der Waals surface area contributed by atoms with Crippen LogP contribution in [0, 0.1) is 5.92 Å². The monoisotopic (exact) mass is 226 g/mol. The van der Waals surface area contributed by atoms with E-state index in [1.807, 2.05) is 7.05 Å². The second-order valence-electron chi connectivity index (χ2n) is 4.86. The maximum absolute atomic E-state index is 12.0. The minimum atomic E-state index is 0.133. The Balaban J connectivity index is 2.35. The second-order valence-corrected chi connectivity index (χ2v) is 4.86. The van der Waals surface area contributed by atoms with Crippen molar-refractivity contribution < 1.29 is 4.79 Å². The average molecular weight is 226 g/mol. The van der Waals surface area contributed by atoms with Crippen LogP contribution >= 0.6 is 0 Å². The molecule has 0 aromatic carbocycles. The van der Waals surface area contributed by atoms with Crippen molar-refractivity contribution in [3.8, 4) is 0 Å². The lowest BCUT2D eigenvalue weighted by Crippen LogP contribution is -2.41. The second kappa shape index (κ2) is 7.66. The molecule has 3 nitrogen and oxygen atoms in total. The molecule has 1 fully saturated rings. The Kier molecular flexibility index (Phi) is 6.46. The van der Waals surface area contributed by atoms with Gasteiger partial charge >= 0.3 is 0 Å². The predicted molar refractivity (Wildman–Crippen MR) is 67.3 cm³/mol. The van der Waals surface area contributed by atoms with Crippen LogP contribution in [0.4, 0.5) is 0 Å². The van der Waals surface area contributed by atoms with Crippen molar-refractivity contribution in [2.24, 2.45) is 5.92 Å². The Hall–Kier alpha value is -0.570. The Morgan fingerprint density at radius 2 is 1.88 bits per heavy atom. The smallest absolute Gasteiger partial charge is 0.224 e. The van der Waals surface area contributed by atoms with Crippen molar-refractivity contribution in [1.82, 2.24) is 10.6 Å². The summed E-state index contributed by atoms with van der Waals surface area (Å²) in [6, 6.07) is 0.431. The lowest BCUT2D eigenvalue weighted by atomic mass is 10.0. The van der Waals surface area contributed by atoms with Gasteiger partial charge in [-0.05, 0) is 26.3 Å². The number of carbonyl (C=O) groups is 1. The Morgan fingerprint density at radius 3 is 2.38 bits per heavy atom. The molecule has 3 heteroatoms. The van der Waals surface area contributed by atoms with Gasteiger partial charge in [0.15, 0.2) is 0 Å². The maximum atomic E-state index is 12.0. The van der Waals surface area contributed by atoms with E-state index in [9.17, 15) is 4.79 Å². The highest BCUT2D eigenvalue weighted by molar-refractivity contribution is 5.79. The zero-order chi connectivity index (χ0) is 11.8. The van der Waals surface area contributed by atoms with E-state index in [4.69, 9.17) is 0 Å². The lowest BCUT2D eigenvalue weighted by Gasteiger charge is -2.20. The summed E-state index contributed by atoms with van der Waals surface area (Å²) in [5, 5.41) is 6.30. The number of amides is 1. The van der Waals surface area contributed by atoms with E-state index in [2.05, 4.69) is 17.6 Å². The summed E-state index contributed by atoms with van der Waals surface area (Å²) in [5.74, 6) is 0.372. The third kappa shape index (κ3) is 4.52. The summed E-state index contributed by atoms with van der Waals surface area (Å²) in [4.78, 5) is 12.0. The van der Waals surface area contributed by atoms with E-state index in [1.54, 1.807) is 0 Å². The molecule has 0 heterocycles. The molecule has 1 rings (SSSR count). The minimum absolute atomic E-state index is 0.133. The topological polar surface area (TPSA) is 41.1 Å². The van der Waals surface area contributed by atoms with E-state index in [1.165, 1.54) is 38.5 Å². The van der Waals surface area contributed by atoms with Gasteiger partial charge < -0.3 is 10.6 Å². The maximum Gasteiger partial charge on any atom is 0.224 e. The number of rotatable bonds is 5. The van der Waals surface area contributed by atoms with Gasteiger partial charge in [-0.1, -0.05) is 32.6 Å². The Morgan fingerprint density at radius 1 is 1.25 bits per heavy atom. The van der Waals surface area contributed by atoms with Crippen molar-refractivity contribution in [1.29, 1.82) is 0 Å². The first-order chi connectivity index (χ1) is 7.77. The van der Waals surface area contributed by atoms with Gasteiger partial charge in [0, 0.05) is 12.6 Å². The van der Waals surface area contributed by atoms with E-state index in [0.717, 1.165) is 13.0 Å². The zero-order valence-corrected chi connectivity index (χ0v) is 10.7. The van der Waals surface area contributed by atoms with Gasteiger partial charge in [-0.3, -0.25) is 4.79 Å². The van der Waals surface area contributed by atoms with Crippen LogP contribution in [-0.4, -0.2) is 25.5 Å². The van der Waals surface area contributed by atoms with E-state index >= 15 is 0 Å². The van der Waals surface area contributed by atoms with Crippen LogP contribution in [-0.2, 0) is 4.79 Å². The van der Waals surface area contributed by atoms with Crippen LogP contribution in [0.25, 0.3) is 0 Å². The number of carbonyl (C=O) groups excluding carboxylic acids is 1. The van der Waals surface area contributed by atoms with Crippen molar-refractivity contribution in [3.05, 3.63) is 0 Å². The van der Waals surface area contributed by atoms with Crippen molar-refractivity contribution in [2.45, 2.75) is 57.9 Å². The van der Waals surface area contributed by atoms with Crippen LogP contribution in [0.1, 0.15) is 51.9 Å². The van der Waals surface area contributed by atoms with Crippen molar-refractivity contribution >= 4 is 5.91 Å². The highest BCUT2D eigenvalue weighted by atomic mass is 16.1. The van der Waals surface area contributed by atoms with Crippen LogP contribution in [0.15, 0.2) is 0 Å². The first-order valence-electron chi connectivity index (χ1n) is 6.73. The summed E-state index contributed by atoms with van der Waals surface area (Å²) >= 11 is 0. The lowest BCUT2D eigenvalue weighted by molar-refractivity contribution is -0.125. The molecule has 1 unspecified atom stereocenters. The largest absolute Gasteiger partial charge is 0.353 e. The van der Waals surface area contributed by atoms with Crippen LogP contribution < -0.4 is 10.6 Å². The van der Waals surface area contributed by atoms with Crippen LogP contribution in [0.5, 0.6) is 0 Å². The predicted octanol–water partition coefficient (Wildman–Crippen LogP) is 2.07. The first kappa shape index (κ1) is 13.5. The average Bonchev–Trinajstić information content (AvgIpc) is 2.54. The van der Waals surface area contributed by atoms with Crippen LogP contribution in [0.3, 0.4) is 0 Å². The Bertz CT molecular complexity index is 198. The Labute approximate surface area is 99.4 Å². The van der Waals surface area contributed by atoms with Crippen molar-refractivity contribution in [2.75, 3.05) is 13.6 Å². The molecule has 1 atom stereocenters. The summed E-state index contributed by atoms with van der Waals surface area (Å²) in [7, 11) is 1.90. The molecule has 1 saturated carbocycles. The molecule has 0 radical (unpaired) electrons. The molecular weight excluding hydrogens is 200 g/mol. The molecule has 0 aromatic rings. The molecular formula is C13H26N2O. The zero-order valence-electron chi connectivity index (χ0n) is 10.7. The number of hydrogen-bond donors (Lipinski definition) is 2. The molecule has 94 valence electrons. The fourth-order valence-electron chi connectivity index (χ4n) is 2.41. The molecule has 1 aliphatic carbocycles. The van der Waals surface area contributed by atoms with E-state index in [0.29, 0.717) is 6.04 Å². The standard InChI is InChI=1S/C13H26N2O/c1-3-11(10-14-2)13(16)15-12-8-6-4-5-7-9-12/h11-12,14H,3-10H2,1-2H3,(H,15,16). The van der Waals surface area contributed by atoms with Crippen LogP contribution in [0.2, 0.25) is 0 Å². The van der Waals surface area contributed by atoms with Gasteiger partial charge in [0.05, 0.1) is 5.92 Å². The minimum Gasteiger partial charge on any atom is -0.353 e.